The molecule has 0 bridgehead atoms. The van der Waals surface area contributed by atoms with Gasteiger partial charge in [-0.15, -0.1) is 0 Å². The molecule has 19 heavy (non-hydrogen) atoms. The summed E-state index contributed by atoms with van der Waals surface area (Å²) in [7, 11) is 0. The molecule has 2 rings (SSSR count). The first-order chi connectivity index (χ1) is 9.09. The molecule has 1 saturated heterocycles. The predicted molar refractivity (Wildman–Crippen MR) is 65.9 cm³/mol. The lowest BCUT2D eigenvalue weighted by Crippen LogP contribution is -2.34. The Bertz CT molecular complexity index is 465. The summed E-state index contributed by atoms with van der Waals surface area (Å²) in [4.78, 5) is 22.9. The van der Waals surface area contributed by atoms with Crippen LogP contribution < -0.4 is 5.32 Å². The van der Waals surface area contributed by atoms with Gasteiger partial charge in [0.2, 0.25) is 0 Å². The van der Waals surface area contributed by atoms with E-state index in [1.807, 2.05) is 0 Å². The minimum Gasteiger partial charge on any atom is -0.480 e. The molecule has 2 unspecified atom stereocenters. The number of nitrogens with one attached hydrogen (secondary N) is 1. The topological polar surface area (TPSA) is 93.5 Å². The molecular weight excluding hydrogens is 250 g/mol. The monoisotopic (exact) mass is 267 g/mol. The van der Waals surface area contributed by atoms with E-state index in [-0.39, 0.29) is 17.7 Å². The van der Waals surface area contributed by atoms with Crippen LogP contribution in [0, 0.1) is 0 Å². The summed E-state index contributed by atoms with van der Waals surface area (Å²) in [6.45, 7) is 2.65. The predicted octanol–water partition coefficient (Wildman–Crippen LogP) is 0.437. The normalized spacial score (nSPS) is 20.2. The zero-order valence-corrected chi connectivity index (χ0v) is 10.7. The highest BCUT2D eigenvalue weighted by Crippen LogP contribution is 2.12. The molecule has 1 aliphatic heterocycles. The van der Waals surface area contributed by atoms with Crippen LogP contribution in [-0.2, 0) is 9.53 Å². The van der Waals surface area contributed by atoms with Crippen LogP contribution in [0.1, 0.15) is 36.3 Å². The highest BCUT2D eigenvalue weighted by Gasteiger charge is 2.22. The summed E-state index contributed by atoms with van der Waals surface area (Å²) in [6.07, 6.45) is 3.41. The van der Waals surface area contributed by atoms with Crippen molar-refractivity contribution in [3.05, 3.63) is 18.0 Å². The third-order valence-electron chi connectivity index (χ3n) is 3.14. The molecule has 1 aromatic heterocycles. The first-order valence-corrected chi connectivity index (χ1v) is 6.25. The molecule has 2 atom stereocenters. The molecule has 1 fully saturated rings. The van der Waals surface area contributed by atoms with Crippen molar-refractivity contribution in [3.8, 4) is 0 Å². The van der Waals surface area contributed by atoms with Gasteiger partial charge in [0, 0.05) is 19.3 Å². The lowest BCUT2D eigenvalue weighted by atomic mass is 10.2. The highest BCUT2D eigenvalue weighted by molar-refractivity contribution is 5.93. The van der Waals surface area contributed by atoms with Gasteiger partial charge in [0.15, 0.2) is 0 Å². The number of hydrogen-bond acceptors (Lipinski definition) is 4. The highest BCUT2D eigenvalue weighted by atomic mass is 16.5. The number of carboxylic acids is 1. The number of hydrogen-bond donors (Lipinski definition) is 2. The van der Waals surface area contributed by atoms with Gasteiger partial charge in [-0.2, -0.15) is 5.10 Å². The van der Waals surface area contributed by atoms with Gasteiger partial charge in [0.1, 0.15) is 11.7 Å². The Hall–Kier alpha value is -1.89. The van der Waals surface area contributed by atoms with Crippen molar-refractivity contribution >= 4 is 11.9 Å². The fraction of sp³-hybridized carbons (Fsp3) is 0.583. The van der Waals surface area contributed by atoms with E-state index in [9.17, 15) is 9.59 Å². The molecule has 0 spiro atoms. The molecule has 7 nitrogen and oxygen atoms in total. The number of carboxylic acid groups (broad SMARTS) is 1. The van der Waals surface area contributed by atoms with Crippen LogP contribution in [0.5, 0.6) is 0 Å². The number of carbonyl (C=O) groups excluding carboxylic acids is 1. The molecule has 7 heteroatoms. The van der Waals surface area contributed by atoms with E-state index in [2.05, 4.69) is 10.4 Å². The summed E-state index contributed by atoms with van der Waals surface area (Å²) in [6, 6.07) is 0.628. The summed E-state index contributed by atoms with van der Waals surface area (Å²) < 4.78 is 6.61. The van der Waals surface area contributed by atoms with Gasteiger partial charge >= 0.3 is 5.97 Å². The Labute approximate surface area is 110 Å². The summed E-state index contributed by atoms with van der Waals surface area (Å²) in [5.41, 5.74) is 0.243. The fourth-order valence-electron chi connectivity index (χ4n) is 2.01. The SMILES string of the molecule is CC(C(=O)O)n1nccc1C(=O)NCC1CCCO1. The molecule has 1 amide bonds. The number of aliphatic carboxylic acids is 1. The van der Waals surface area contributed by atoms with Gasteiger partial charge < -0.3 is 15.2 Å². The average Bonchev–Trinajstić information content (AvgIpc) is 3.05. The molecule has 0 aliphatic carbocycles. The Morgan fingerprint density at radius 3 is 3.11 bits per heavy atom. The van der Waals surface area contributed by atoms with Gasteiger partial charge in [0.25, 0.3) is 5.91 Å². The first-order valence-electron chi connectivity index (χ1n) is 6.25. The van der Waals surface area contributed by atoms with Crippen LogP contribution in [0.15, 0.2) is 12.3 Å². The molecular formula is C12H17N3O4. The van der Waals surface area contributed by atoms with E-state index in [0.29, 0.717) is 6.54 Å². The largest absolute Gasteiger partial charge is 0.480 e. The Morgan fingerprint density at radius 2 is 2.47 bits per heavy atom. The van der Waals surface area contributed by atoms with Crippen molar-refractivity contribution in [2.24, 2.45) is 0 Å². The fourth-order valence-corrected chi connectivity index (χ4v) is 2.01. The Kier molecular flexibility index (Phi) is 4.16. The quantitative estimate of drug-likeness (QED) is 0.807. The van der Waals surface area contributed by atoms with Gasteiger partial charge in [-0.1, -0.05) is 0 Å². The number of amides is 1. The lowest BCUT2D eigenvalue weighted by molar-refractivity contribution is -0.140. The smallest absolute Gasteiger partial charge is 0.328 e. The molecule has 0 aromatic carbocycles. The summed E-state index contributed by atoms with van der Waals surface area (Å²) in [5, 5.41) is 15.6. The number of carbonyl (C=O) groups is 2. The second-order valence-corrected chi connectivity index (χ2v) is 4.52. The van der Waals surface area contributed by atoms with Crippen molar-refractivity contribution in [3.63, 3.8) is 0 Å². The van der Waals surface area contributed by atoms with E-state index in [1.54, 1.807) is 0 Å². The molecule has 1 aromatic rings. The molecule has 0 radical (unpaired) electrons. The molecule has 0 saturated carbocycles. The van der Waals surface area contributed by atoms with E-state index in [0.717, 1.165) is 19.4 Å². The van der Waals surface area contributed by atoms with Crippen LogP contribution in [0.3, 0.4) is 0 Å². The van der Waals surface area contributed by atoms with Crippen LogP contribution in [-0.4, -0.2) is 46.0 Å². The van der Waals surface area contributed by atoms with Crippen molar-refractivity contribution in [2.45, 2.75) is 31.9 Å². The standard InChI is InChI=1S/C12H17N3O4/c1-8(12(17)18)15-10(4-5-14-15)11(16)13-7-9-3-2-6-19-9/h4-5,8-9H,2-3,6-7H2,1H3,(H,13,16)(H,17,18). The number of ether oxygens (including phenoxy) is 1. The van der Waals surface area contributed by atoms with Crippen molar-refractivity contribution in [1.29, 1.82) is 0 Å². The van der Waals surface area contributed by atoms with E-state index in [1.165, 1.54) is 23.9 Å². The molecule has 104 valence electrons. The third-order valence-corrected chi connectivity index (χ3v) is 3.14. The summed E-state index contributed by atoms with van der Waals surface area (Å²) >= 11 is 0. The van der Waals surface area contributed by atoms with Gasteiger partial charge in [-0.05, 0) is 25.8 Å². The number of nitrogens with zero attached hydrogens (tertiary/aromatic N) is 2. The molecule has 1 aliphatic rings. The van der Waals surface area contributed by atoms with Crippen LogP contribution in [0.2, 0.25) is 0 Å². The van der Waals surface area contributed by atoms with E-state index >= 15 is 0 Å². The average molecular weight is 267 g/mol. The maximum Gasteiger partial charge on any atom is 0.328 e. The van der Waals surface area contributed by atoms with Crippen LogP contribution >= 0.6 is 0 Å². The zero-order valence-electron chi connectivity index (χ0n) is 10.7. The minimum absolute atomic E-state index is 0.0530. The Morgan fingerprint density at radius 1 is 1.68 bits per heavy atom. The second kappa shape index (κ2) is 5.83. The van der Waals surface area contributed by atoms with Gasteiger partial charge in [0.05, 0.1) is 6.10 Å². The van der Waals surface area contributed by atoms with Gasteiger partial charge in [-0.25, -0.2) is 9.48 Å². The second-order valence-electron chi connectivity index (χ2n) is 4.52. The maximum atomic E-state index is 12.0. The lowest BCUT2D eigenvalue weighted by Gasteiger charge is -2.13. The van der Waals surface area contributed by atoms with Crippen molar-refractivity contribution in [1.82, 2.24) is 15.1 Å². The Balaban J connectivity index is 1.98. The van der Waals surface area contributed by atoms with E-state index in [4.69, 9.17) is 9.84 Å². The van der Waals surface area contributed by atoms with Crippen molar-refractivity contribution in [2.75, 3.05) is 13.2 Å². The van der Waals surface area contributed by atoms with Crippen LogP contribution in [0.25, 0.3) is 0 Å². The zero-order chi connectivity index (χ0) is 13.8. The number of rotatable bonds is 5. The maximum absolute atomic E-state index is 12.0. The van der Waals surface area contributed by atoms with E-state index < -0.39 is 12.0 Å². The van der Waals surface area contributed by atoms with Crippen molar-refractivity contribution < 1.29 is 19.4 Å². The summed E-state index contributed by atoms with van der Waals surface area (Å²) in [5.74, 6) is -1.36. The molecule has 2 heterocycles. The first kappa shape index (κ1) is 13.5. The third kappa shape index (κ3) is 3.11. The minimum atomic E-state index is -1.03. The van der Waals surface area contributed by atoms with Crippen LogP contribution in [0.4, 0.5) is 0 Å². The number of aromatic nitrogens is 2. The van der Waals surface area contributed by atoms with Gasteiger partial charge in [-0.3, -0.25) is 4.79 Å². The molecule has 2 N–H and O–H groups in total.